The molecule has 0 fully saturated rings. The summed E-state index contributed by atoms with van der Waals surface area (Å²) in [5, 5.41) is 7.11. The third kappa shape index (κ3) is 5.04. The van der Waals surface area contributed by atoms with Gasteiger partial charge in [0.2, 0.25) is 0 Å². The monoisotopic (exact) mass is 663 g/mol. The lowest BCUT2D eigenvalue weighted by Crippen LogP contribution is -2.11. The smallest absolute Gasteiger partial charge is 0.143 e. The Hall–Kier alpha value is -6.90. The largest absolute Gasteiger partial charge is 0.455 e. The van der Waals surface area contributed by atoms with E-state index in [0.717, 1.165) is 61.3 Å². The number of hydrogen-bond acceptors (Lipinski definition) is 2. The third-order valence-electron chi connectivity index (χ3n) is 10.3. The maximum absolute atomic E-state index is 6.56. The molecule has 2 heteroatoms. The first-order chi connectivity index (χ1) is 25.8. The number of benzene rings is 9. The highest BCUT2D eigenvalue weighted by Crippen LogP contribution is 2.44. The van der Waals surface area contributed by atoms with Gasteiger partial charge in [-0.3, -0.25) is 0 Å². The molecule has 52 heavy (non-hydrogen) atoms. The molecule has 0 atom stereocenters. The van der Waals surface area contributed by atoms with Crippen molar-refractivity contribution in [1.29, 1.82) is 0 Å². The fourth-order valence-electron chi connectivity index (χ4n) is 7.79. The molecule has 0 amide bonds. The molecule has 0 aliphatic carbocycles. The maximum atomic E-state index is 6.56. The van der Waals surface area contributed by atoms with E-state index in [1.807, 2.05) is 6.07 Å². The SMILES string of the molecule is c1ccc(-c2ccc(-c3ccc(N(c4cccc5ccccc45)c4cccc5ccccc45)cc3)cc2-c2cccc3c2oc2ccccc23)cc1. The average molecular weight is 664 g/mol. The number of hydrogen-bond donors (Lipinski definition) is 0. The number of nitrogens with zero attached hydrogens (tertiary/aromatic N) is 1. The number of furan rings is 1. The fourth-order valence-corrected chi connectivity index (χ4v) is 7.79. The van der Waals surface area contributed by atoms with Crippen LogP contribution in [-0.2, 0) is 0 Å². The lowest BCUT2D eigenvalue weighted by molar-refractivity contribution is 0.670. The summed E-state index contributed by atoms with van der Waals surface area (Å²) in [6, 6.07) is 71.7. The Morgan fingerprint density at radius 1 is 0.327 bits per heavy atom. The first kappa shape index (κ1) is 30.0. The van der Waals surface area contributed by atoms with Gasteiger partial charge in [0.25, 0.3) is 0 Å². The molecule has 0 saturated carbocycles. The molecule has 0 N–H and O–H groups in total. The molecule has 1 aromatic heterocycles. The Bertz CT molecular complexity index is 2810. The maximum Gasteiger partial charge on any atom is 0.143 e. The second kappa shape index (κ2) is 12.5. The summed E-state index contributed by atoms with van der Waals surface area (Å²) in [5.74, 6) is 0. The van der Waals surface area contributed by atoms with E-state index in [4.69, 9.17) is 4.42 Å². The molecule has 10 rings (SSSR count). The van der Waals surface area contributed by atoms with Gasteiger partial charge in [0.05, 0.1) is 11.4 Å². The highest BCUT2D eigenvalue weighted by atomic mass is 16.3. The van der Waals surface area contributed by atoms with Crippen molar-refractivity contribution in [1.82, 2.24) is 0 Å². The fraction of sp³-hybridized carbons (Fsp3) is 0. The van der Waals surface area contributed by atoms with E-state index in [1.54, 1.807) is 0 Å². The van der Waals surface area contributed by atoms with Crippen LogP contribution in [0.15, 0.2) is 205 Å². The highest BCUT2D eigenvalue weighted by Gasteiger charge is 2.19. The summed E-state index contributed by atoms with van der Waals surface area (Å²) in [7, 11) is 0. The lowest BCUT2D eigenvalue weighted by atomic mass is 9.90. The Labute approximate surface area is 302 Å². The Morgan fingerprint density at radius 3 is 1.60 bits per heavy atom. The van der Waals surface area contributed by atoms with Crippen LogP contribution in [0.3, 0.4) is 0 Å². The third-order valence-corrected chi connectivity index (χ3v) is 10.3. The molecule has 0 bridgehead atoms. The zero-order valence-corrected chi connectivity index (χ0v) is 28.4. The molecule has 0 radical (unpaired) electrons. The van der Waals surface area contributed by atoms with Crippen LogP contribution in [-0.4, -0.2) is 0 Å². The van der Waals surface area contributed by atoms with E-state index >= 15 is 0 Å². The Kier molecular flexibility index (Phi) is 7.18. The summed E-state index contributed by atoms with van der Waals surface area (Å²) in [5.41, 5.74) is 12.1. The van der Waals surface area contributed by atoms with Crippen molar-refractivity contribution >= 4 is 60.5 Å². The van der Waals surface area contributed by atoms with E-state index in [2.05, 4.69) is 199 Å². The molecule has 0 spiro atoms. The highest BCUT2D eigenvalue weighted by molar-refractivity contribution is 6.11. The quantitative estimate of drug-likeness (QED) is 0.176. The van der Waals surface area contributed by atoms with Gasteiger partial charge in [0.15, 0.2) is 0 Å². The van der Waals surface area contributed by atoms with Gasteiger partial charge in [0.1, 0.15) is 11.2 Å². The number of para-hydroxylation sites is 2. The molecular formula is C50H33NO. The second-order valence-corrected chi connectivity index (χ2v) is 13.3. The van der Waals surface area contributed by atoms with Crippen LogP contribution < -0.4 is 4.90 Å². The van der Waals surface area contributed by atoms with E-state index in [0.29, 0.717) is 0 Å². The minimum absolute atomic E-state index is 0.903. The van der Waals surface area contributed by atoms with Crippen molar-refractivity contribution in [3.63, 3.8) is 0 Å². The van der Waals surface area contributed by atoms with Crippen molar-refractivity contribution in [2.24, 2.45) is 0 Å². The van der Waals surface area contributed by atoms with Gasteiger partial charge in [-0.25, -0.2) is 0 Å². The molecule has 0 saturated heterocycles. The molecule has 244 valence electrons. The summed E-state index contributed by atoms with van der Waals surface area (Å²) in [6.45, 7) is 0. The molecule has 0 aliphatic rings. The van der Waals surface area contributed by atoms with Gasteiger partial charge in [-0.15, -0.1) is 0 Å². The van der Waals surface area contributed by atoms with E-state index < -0.39 is 0 Å². The molecule has 9 aromatic carbocycles. The zero-order valence-electron chi connectivity index (χ0n) is 28.4. The van der Waals surface area contributed by atoms with Crippen LogP contribution in [0.1, 0.15) is 0 Å². The lowest BCUT2D eigenvalue weighted by Gasteiger charge is -2.28. The van der Waals surface area contributed by atoms with Crippen molar-refractivity contribution in [3.05, 3.63) is 200 Å². The molecule has 2 nitrogen and oxygen atoms in total. The zero-order chi connectivity index (χ0) is 34.4. The van der Waals surface area contributed by atoms with Crippen LogP contribution in [0.4, 0.5) is 17.1 Å². The molecular weight excluding hydrogens is 631 g/mol. The number of anilines is 3. The van der Waals surface area contributed by atoms with Crippen molar-refractivity contribution in [3.8, 4) is 33.4 Å². The summed E-state index contributed by atoms with van der Waals surface area (Å²) in [6.07, 6.45) is 0. The van der Waals surface area contributed by atoms with Crippen LogP contribution in [0.2, 0.25) is 0 Å². The normalized spacial score (nSPS) is 11.5. The number of rotatable bonds is 6. The van der Waals surface area contributed by atoms with Crippen molar-refractivity contribution in [2.45, 2.75) is 0 Å². The number of fused-ring (bicyclic) bond motifs is 5. The predicted octanol–water partition coefficient (Wildman–Crippen LogP) is 14.4. The van der Waals surface area contributed by atoms with Gasteiger partial charge in [-0.1, -0.05) is 164 Å². The van der Waals surface area contributed by atoms with Gasteiger partial charge < -0.3 is 9.32 Å². The first-order valence-corrected chi connectivity index (χ1v) is 17.8. The van der Waals surface area contributed by atoms with Crippen molar-refractivity contribution < 1.29 is 4.42 Å². The van der Waals surface area contributed by atoms with Crippen molar-refractivity contribution in [2.75, 3.05) is 4.90 Å². The summed E-state index contributed by atoms with van der Waals surface area (Å²) >= 11 is 0. The van der Waals surface area contributed by atoms with E-state index in [-0.39, 0.29) is 0 Å². The van der Waals surface area contributed by atoms with E-state index in [9.17, 15) is 0 Å². The predicted molar refractivity (Wildman–Crippen MR) is 220 cm³/mol. The summed E-state index contributed by atoms with van der Waals surface area (Å²) in [4.78, 5) is 2.40. The van der Waals surface area contributed by atoms with Gasteiger partial charge in [0, 0.05) is 32.8 Å². The van der Waals surface area contributed by atoms with Gasteiger partial charge >= 0.3 is 0 Å². The average Bonchev–Trinajstić information content (AvgIpc) is 3.61. The van der Waals surface area contributed by atoms with Crippen LogP contribution >= 0.6 is 0 Å². The first-order valence-electron chi connectivity index (χ1n) is 17.8. The van der Waals surface area contributed by atoms with Crippen LogP contribution in [0, 0.1) is 0 Å². The summed E-state index contributed by atoms with van der Waals surface area (Å²) < 4.78 is 6.56. The van der Waals surface area contributed by atoms with E-state index in [1.165, 1.54) is 32.7 Å². The van der Waals surface area contributed by atoms with Crippen LogP contribution in [0.25, 0.3) is 76.9 Å². The molecule has 0 aliphatic heterocycles. The van der Waals surface area contributed by atoms with Crippen LogP contribution in [0.5, 0.6) is 0 Å². The Morgan fingerprint density at radius 2 is 0.885 bits per heavy atom. The molecule has 0 unspecified atom stereocenters. The van der Waals surface area contributed by atoms with Gasteiger partial charge in [-0.05, 0) is 75.0 Å². The minimum atomic E-state index is 0.903. The Balaban J connectivity index is 1.13. The molecule has 10 aromatic rings. The second-order valence-electron chi connectivity index (χ2n) is 13.3. The topological polar surface area (TPSA) is 16.4 Å². The standard InChI is InChI=1S/C50H33NO/c1-2-13-35(14-3-1)40-32-29-38(33-46(40)45-23-12-22-44-43-21-8-9-26-49(43)52-50(44)45)34-27-30-39(31-28-34)51(47-24-10-17-36-15-4-6-19-41(36)47)48-25-11-18-37-16-5-7-20-42(37)48/h1-33H. The minimum Gasteiger partial charge on any atom is -0.455 e. The molecule has 1 heterocycles. The van der Waals surface area contributed by atoms with Gasteiger partial charge in [-0.2, -0.15) is 0 Å².